The van der Waals surface area contributed by atoms with Gasteiger partial charge in [0.15, 0.2) is 0 Å². The van der Waals surface area contributed by atoms with E-state index in [2.05, 4.69) is 40.4 Å². The van der Waals surface area contributed by atoms with E-state index in [0.29, 0.717) is 26.7 Å². The van der Waals surface area contributed by atoms with Gasteiger partial charge in [-0.1, -0.05) is 53.0 Å². The zero-order valence-corrected chi connectivity index (χ0v) is 18.8. The molecule has 1 atom stereocenters. The highest BCUT2D eigenvalue weighted by Crippen LogP contribution is 2.36. The molecule has 5 nitrogen and oxygen atoms in total. The van der Waals surface area contributed by atoms with Gasteiger partial charge in [-0.3, -0.25) is 0 Å². The first kappa shape index (κ1) is 20.0. The molecule has 0 amide bonds. The number of fused-ring (bicyclic) bond motifs is 1. The molecule has 3 aromatic carbocycles. The molecule has 0 aliphatic carbocycles. The van der Waals surface area contributed by atoms with E-state index in [1.54, 1.807) is 24.5 Å². The molecule has 0 saturated heterocycles. The first-order valence-corrected chi connectivity index (χ1v) is 10.8. The van der Waals surface area contributed by atoms with Crippen molar-refractivity contribution >= 4 is 68.8 Å². The summed E-state index contributed by atoms with van der Waals surface area (Å²) in [6.45, 7) is 2.07. The van der Waals surface area contributed by atoms with Crippen LogP contribution in [0.15, 0.2) is 72.0 Å². The molecule has 154 valence electrons. The molecule has 0 saturated carbocycles. The maximum Gasteiger partial charge on any atom is 0.202 e. The molecule has 2 heterocycles. The average Bonchev–Trinajstić information content (AvgIpc) is 3.34. The predicted octanol–water partition coefficient (Wildman–Crippen LogP) is 6.53. The summed E-state index contributed by atoms with van der Waals surface area (Å²) in [6, 6.07) is 19.3. The minimum Gasteiger partial charge on any atom is -0.345 e. The normalized spacial score (nSPS) is 16.1. The molecule has 4 aromatic rings. The number of imidazole rings is 1. The third-order valence-corrected chi connectivity index (χ3v) is 6.02. The summed E-state index contributed by atoms with van der Waals surface area (Å²) >= 11 is 18.3. The molecular formula is C23H17Cl2N5S. The number of thiocarbonyl (C=S) groups is 1. The van der Waals surface area contributed by atoms with Gasteiger partial charge in [0.2, 0.25) is 5.11 Å². The van der Waals surface area contributed by atoms with Crippen LogP contribution in [0.2, 0.25) is 10.0 Å². The summed E-state index contributed by atoms with van der Waals surface area (Å²) in [5.41, 5.74) is 5.65. The number of benzene rings is 3. The zero-order chi connectivity index (χ0) is 21.5. The van der Waals surface area contributed by atoms with Crippen LogP contribution >= 0.6 is 35.4 Å². The number of hydrogen-bond donors (Lipinski definition) is 2. The topological polar surface area (TPSA) is 56.3 Å². The molecule has 0 radical (unpaired) electrons. The van der Waals surface area contributed by atoms with Gasteiger partial charge in [-0.2, -0.15) is 0 Å². The average molecular weight is 466 g/mol. The monoisotopic (exact) mass is 465 g/mol. The molecule has 0 spiro atoms. The molecule has 1 aromatic heterocycles. The van der Waals surface area contributed by atoms with Crippen molar-refractivity contribution in [1.29, 1.82) is 0 Å². The number of aromatic nitrogens is 2. The number of aliphatic imine (C=N–C) groups is 1. The maximum atomic E-state index is 6.40. The molecule has 5 rings (SSSR count). The van der Waals surface area contributed by atoms with E-state index in [1.807, 2.05) is 29.2 Å². The molecule has 31 heavy (non-hydrogen) atoms. The minimum atomic E-state index is -0.247. The first-order chi connectivity index (χ1) is 15.0. The molecular weight excluding hydrogens is 449 g/mol. The predicted molar refractivity (Wildman–Crippen MR) is 133 cm³/mol. The van der Waals surface area contributed by atoms with Crippen LogP contribution in [0.4, 0.5) is 11.4 Å². The van der Waals surface area contributed by atoms with Crippen LogP contribution in [0.5, 0.6) is 0 Å². The lowest BCUT2D eigenvalue weighted by Gasteiger charge is -2.28. The second kappa shape index (κ2) is 7.96. The Labute approximate surface area is 194 Å². The zero-order valence-electron chi connectivity index (χ0n) is 16.4. The van der Waals surface area contributed by atoms with Gasteiger partial charge in [-0.25, -0.2) is 9.98 Å². The highest BCUT2D eigenvalue weighted by molar-refractivity contribution is 7.80. The second-order valence-corrected chi connectivity index (χ2v) is 8.53. The van der Waals surface area contributed by atoms with Gasteiger partial charge in [-0.15, -0.1) is 0 Å². The Morgan fingerprint density at radius 3 is 2.77 bits per heavy atom. The number of nitrogens with one attached hydrogen (secondary N) is 2. The first-order valence-electron chi connectivity index (χ1n) is 9.63. The van der Waals surface area contributed by atoms with Crippen molar-refractivity contribution in [2.24, 2.45) is 4.99 Å². The fraction of sp³-hybridized carbons (Fsp3) is 0.0870. The Kier molecular flexibility index (Phi) is 5.14. The number of H-pyrrole nitrogens is 1. The highest BCUT2D eigenvalue weighted by Gasteiger charge is 2.35. The van der Waals surface area contributed by atoms with Crippen LogP contribution in [-0.2, 0) is 0 Å². The van der Waals surface area contributed by atoms with Gasteiger partial charge >= 0.3 is 0 Å². The van der Waals surface area contributed by atoms with Crippen molar-refractivity contribution in [3.63, 3.8) is 0 Å². The number of anilines is 2. The van der Waals surface area contributed by atoms with Gasteiger partial charge in [0, 0.05) is 10.7 Å². The third kappa shape index (κ3) is 3.78. The number of halogens is 2. The molecule has 1 aliphatic heterocycles. The van der Waals surface area contributed by atoms with Gasteiger partial charge in [0.05, 0.1) is 28.1 Å². The summed E-state index contributed by atoms with van der Waals surface area (Å²) in [5, 5.41) is 4.97. The van der Waals surface area contributed by atoms with Crippen molar-refractivity contribution in [3.8, 4) is 0 Å². The summed E-state index contributed by atoms with van der Waals surface area (Å²) < 4.78 is 0. The van der Waals surface area contributed by atoms with Crippen LogP contribution < -0.4 is 10.2 Å². The molecule has 0 fully saturated rings. The molecule has 0 bridgehead atoms. The van der Waals surface area contributed by atoms with E-state index in [9.17, 15) is 0 Å². The Balaban J connectivity index is 1.61. The van der Waals surface area contributed by atoms with Crippen molar-refractivity contribution < 1.29 is 0 Å². The fourth-order valence-corrected chi connectivity index (χ4v) is 4.40. The van der Waals surface area contributed by atoms with Crippen LogP contribution in [0, 0.1) is 6.92 Å². The molecule has 2 N–H and O–H groups in total. The quantitative estimate of drug-likeness (QED) is 0.337. The standard InChI is InChI=1S/C23H17Cl2N5S/c1-13-3-2-4-14(9-13)21-22(28-19-10-15(24)5-7-17(19)25)29-23(31)30(21)16-6-8-18-20(11-16)27-12-26-18/h2-12,21H,1H3,(H,26,27)(H,28,29,31). The number of nitrogens with zero attached hydrogens (tertiary/aromatic N) is 3. The van der Waals surface area contributed by atoms with E-state index in [1.165, 1.54) is 0 Å². The molecule has 1 unspecified atom stereocenters. The Morgan fingerprint density at radius 1 is 1.06 bits per heavy atom. The lowest BCUT2D eigenvalue weighted by Crippen LogP contribution is -2.33. The van der Waals surface area contributed by atoms with Crippen molar-refractivity contribution in [2.45, 2.75) is 13.0 Å². The van der Waals surface area contributed by atoms with Gasteiger partial charge < -0.3 is 15.2 Å². The minimum absolute atomic E-state index is 0.247. The van der Waals surface area contributed by atoms with E-state index >= 15 is 0 Å². The summed E-state index contributed by atoms with van der Waals surface area (Å²) in [4.78, 5) is 14.2. The number of aromatic amines is 1. The van der Waals surface area contributed by atoms with Crippen LogP contribution in [0.25, 0.3) is 11.0 Å². The smallest absolute Gasteiger partial charge is 0.202 e. The van der Waals surface area contributed by atoms with E-state index < -0.39 is 0 Å². The number of hydrogen-bond acceptors (Lipinski definition) is 3. The highest BCUT2D eigenvalue weighted by atomic mass is 35.5. The fourth-order valence-electron chi connectivity index (χ4n) is 3.76. The maximum absolute atomic E-state index is 6.40. The van der Waals surface area contributed by atoms with Gasteiger partial charge in [0.1, 0.15) is 11.9 Å². The molecule has 1 aliphatic rings. The van der Waals surface area contributed by atoms with Crippen LogP contribution in [0.3, 0.4) is 0 Å². The van der Waals surface area contributed by atoms with Gasteiger partial charge in [0.25, 0.3) is 0 Å². The van der Waals surface area contributed by atoms with Crippen LogP contribution in [0.1, 0.15) is 17.2 Å². The summed E-state index contributed by atoms with van der Waals surface area (Å²) in [5.74, 6) is 0.685. The van der Waals surface area contributed by atoms with Crippen molar-refractivity contribution in [2.75, 3.05) is 10.2 Å². The number of aryl methyl sites for hydroxylation is 1. The summed E-state index contributed by atoms with van der Waals surface area (Å²) in [7, 11) is 0. The van der Waals surface area contributed by atoms with E-state index in [0.717, 1.165) is 27.8 Å². The lowest BCUT2D eigenvalue weighted by atomic mass is 10.0. The Morgan fingerprint density at radius 2 is 1.94 bits per heavy atom. The van der Waals surface area contributed by atoms with Crippen molar-refractivity contribution in [1.82, 2.24) is 9.97 Å². The SMILES string of the molecule is Cc1cccc(C2C(Nc3cc(Cl)ccc3Cl)=NC(=S)N2c2ccc3nc[nH]c3c2)c1. The van der Waals surface area contributed by atoms with Crippen LogP contribution in [-0.4, -0.2) is 20.9 Å². The third-order valence-electron chi connectivity index (χ3n) is 5.17. The van der Waals surface area contributed by atoms with Gasteiger partial charge in [-0.05, 0) is 61.1 Å². The number of rotatable bonds is 3. The number of amidine groups is 1. The van der Waals surface area contributed by atoms with E-state index in [4.69, 9.17) is 40.4 Å². The lowest BCUT2D eigenvalue weighted by molar-refractivity contribution is 0.946. The Bertz CT molecular complexity index is 1350. The molecule has 8 heteroatoms. The Hall–Kier alpha value is -2.93. The summed E-state index contributed by atoms with van der Waals surface area (Å²) in [6.07, 6.45) is 1.68. The van der Waals surface area contributed by atoms with E-state index in [-0.39, 0.29) is 6.04 Å². The largest absolute Gasteiger partial charge is 0.345 e. The van der Waals surface area contributed by atoms with Crippen molar-refractivity contribution in [3.05, 3.63) is 88.2 Å². The second-order valence-electron chi connectivity index (χ2n) is 7.32.